The molecule has 2 aliphatic carbocycles. The van der Waals surface area contributed by atoms with Crippen LogP contribution in [0.2, 0.25) is 0 Å². The van der Waals surface area contributed by atoms with Gasteiger partial charge in [-0.1, -0.05) is 31.9 Å². The van der Waals surface area contributed by atoms with Crippen LogP contribution in [0.3, 0.4) is 0 Å². The molecule has 1 heterocycles. The van der Waals surface area contributed by atoms with Gasteiger partial charge in [-0.15, -0.1) is 0 Å². The molecule has 4 rings (SSSR count). The summed E-state index contributed by atoms with van der Waals surface area (Å²) >= 11 is 0. The van der Waals surface area contributed by atoms with Crippen LogP contribution in [0.4, 0.5) is 0 Å². The molecule has 158 valence electrons. The molecule has 1 aromatic carbocycles. The zero-order valence-corrected chi connectivity index (χ0v) is 17.9. The quantitative estimate of drug-likeness (QED) is 0.702. The number of carbonyl (C=O) groups is 2. The van der Waals surface area contributed by atoms with E-state index in [0.29, 0.717) is 41.9 Å². The summed E-state index contributed by atoms with van der Waals surface area (Å²) in [7, 11) is 1.68. The zero-order valence-electron chi connectivity index (χ0n) is 17.9. The third kappa shape index (κ3) is 4.08. The molecule has 1 amide bonds. The van der Waals surface area contributed by atoms with Crippen LogP contribution in [0, 0.1) is 23.7 Å². The first-order valence-corrected chi connectivity index (χ1v) is 11.6. The van der Waals surface area contributed by atoms with E-state index in [1.807, 2.05) is 12.1 Å². The lowest BCUT2D eigenvalue weighted by Gasteiger charge is -2.55. The summed E-state index contributed by atoms with van der Waals surface area (Å²) in [4.78, 5) is 28.2. The SMILES string of the molecule is CCCCC(=O)N1CC[C@H]2CC(=O)[C@H](Cc3ccc(OC)cc3)[C@H]3CCC[C@@H]1[C@H]23. The predicted octanol–water partition coefficient (Wildman–Crippen LogP) is 4.65. The molecule has 1 aliphatic heterocycles. The van der Waals surface area contributed by atoms with Crippen LogP contribution in [-0.2, 0) is 16.0 Å². The van der Waals surface area contributed by atoms with Crippen molar-refractivity contribution in [1.29, 1.82) is 0 Å². The fourth-order valence-corrected chi connectivity index (χ4v) is 6.34. The highest BCUT2D eigenvalue weighted by molar-refractivity contribution is 5.83. The molecule has 5 atom stereocenters. The van der Waals surface area contributed by atoms with Gasteiger partial charge in [0.2, 0.25) is 5.91 Å². The molecule has 0 N–H and O–H groups in total. The summed E-state index contributed by atoms with van der Waals surface area (Å²) < 4.78 is 5.27. The van der Waals surface area contributed by atoms with Gasteiger partial charge in [0.1, 0.15) is 11.5 Å². The van der Waals surface area contributed by atoms with Crippen LogP contribution in [-0.4, -0.2) is 36.3 Å². The number of carbonyl (C=O) groups excluding carboxylic acids is 2. The van der Waals surface area contributed by atoms with E-state index < -0.39 is 0 Å². The Labute approximate surface area is 175 Å². The Balaban J connectivity index is 1.53. The van der Waals surface area contributed by atoms with Crippen LogP contribution in [0.25, 0.3) is 0 Å². The summed E-state index contributed by atoms with van der Waals surface area (Å²) in [5.74, 6) is 3.21. The first-order chi connectivity index (χ1) is 14.1. The van der Waals surface area contributed by atoms with Crippen molar-refractivity contribution in [2.45, 2.75) is 70.8 Å². The van der Waals surface area contributed by atoms with E-state index in [0.717, 1.165) is 63.7 Å². The molecular formula is C25H35NO3. The standard InChI is InChI=1S/C25H35NO3/c1-3-4-8-24(28)26-14-13-18-16-23(27)21(20-6-5-7-22(26)25(18)20)15-17-9-11-19(29-2)12-10-17/h9-12,18,20-22,25H,3-8,13-16H2,1-2H3/t18-,20+,21+,22+,25+/m0/s1. The summed E-state index contributed by atoms with van der Waals surface area (Å²) in [5.41, 5.74) is 1.22. The van der Waals surface area contributed by atoms with Crippen molar-refractivity contribution >= 4 is 11.7 Å². The number of hydrogen-bond donors (Lipinski definition) is 0. The minimum atomic E-state index is 0.109. The van der Waals surface area contributed by atoms with Crippen LogP contribution in [0.15, 0.2) is 24.3 Å². The third-order valence-electron chi connectivity index (χ3n) is 7.73. The van der Waals surface area contributed by atoms with Gasteiger partial charge >= 0.3 is 0 Å². The van der Waals surface area contributed by atoms with Gasteiger partial charge < -0.3 is 9.64 Å². The largest absolute Gasteiger partial charge is 0.497 e. The molecule has 0 spiro atoms. The Hall–Kier alpha value is -1.84. The Bertz CT molecular complexity index is 728. The highest BCUT2D eigenvalue weighted by atomic mass is 16.5. The maximum absolute atomic E-state index is 13.1. The molecular weight excluding hydrogens is 362 g/mol. The van der Waals surface area contributed by atoms with Gasteiger partial charge in [0.05, 0.1) is 7.11 Å². The van der Waals surface area contributed by atoms with Gasteiger partial charge in [-0.05, 0) is 67.6 Å². The Kier molecular flexibility index (Phi) is 6.26. The van der Waals surface area contributed by atoms with Crippen LogP contribution >= 0.6 is 0 Å². The predicted molar refractivity (Wildman–Crippen MR) is 114 cm³/mol. The lowest BCUT2D eigenvalue weighted by molar-refractivity contribution is -0.149. The van der Waals surface area contributed by atoms with Crippen LogP contribution in [0.5, 0.6) is 5.75 Å². The second-order valence-electron chi connectivity index (χ2n) is 9.31. The summed E-state index contributed by atoms with van der Waals surface area (Å²) in [6.07, 6.45) is 8.70. The zero-order chi connectivity index (χ0) is 20.4. The molecule has 3 aliphatic rings. The second-order valence-corrected chi connectivity index (χ2v) is 9.31. The molecule has 0 unspecified atom stereocenters. The number of Topliss-reactive ketones (excluding diaryl/α,β-unsaturated/α-hetero) is 1. The van der Waals surface area contributed by atoms with Crippen molar-refractivity contribution in [3.63, 3.8) is 0 Å². The molecule has 2 saturated carbocycles. The summed E-state index contributed by atoms with van der Waals surface area (Å²) in [6, 6.07) is 8.54. The molecule has 0 bridgehead atoms. The van der Waals surface area contributed by atoms with E-state index in [1.165, 1.54) is 5.56 Å². The van der Waals surface area contributed by atoms with Gasteiger partial charge in [-0.25, -0.2) is 0 Å². The Morgan fingerprint density at radius 1 is 1.17 bits per heavy atom. The summed E-state index contributed by atoms with van der Waals surface area (Å²) in [6.45, 7) is 3.00. The fourth-order valence-electron chi connectivity index (χ4n) is 6.34. The van der Waals surface area contributed by atoms with Gasteiger partial charge in [0.15, 0.2) is 0 Å². The number of hydrogen-bond acceptors (Lipinski definition) is 3. The molecule has 4 nitrogen and oxygen atoms in total. The van der Waals surface area contributed by atoms with Crippen molar-refractivity contribution in [2.75, 3.05) is 13.7 Å². The van der Waals surface area contributed by atoms with E-state index >= 15 is 0 Å². The average molecular weight is 398 g/mol. The van der Waals surface area contributed by atoms with Crippen LogP contribution in [0.1, 0.15) is 63.9 Å². The van der Waals surface area contributed by atoms with Crippen molar-refractivity contribution in [1.82, 2.24) is 4.90 Å². The van der Waals surface area contributed by atoms with Crippen LogP contribution < -0.4 is 4.74 Å². The van der Waals surface area contributed by atoms with Gasteiger partial charge in [0.25, 0.3) is 0 Å². The number of nitrogens with zero attached hydrogens (tertiary/aromatic N) is 1. The minimum Gasteiger partial charge on any atom is -0.497 e. The number of rotatable bonds is 6. The van der Waals surface area contributed by atoms with E-state index in [2.05, 4.69) is 24.0 Å². The lowest BCUT2D eigenvalue weighted by atomic mass is 9.55. The number of methoxy groups -OCH3 is 1. The number of likely N-dealkylation sites (tertiary alicyclic amines) is 1. The molecule has 0 aromatic heterocycles. The van der Waals surface area contributed by atoms with Crippen molar-refractivity contribution in [3.8, 4) is 5.75 Å². The van der Waals surface area contributed by atoms with E-state index in [4.69, 9.17) is 4.74 Å². The molecule has 1 saturated heterocycles. The topological polar surface area (TPSA) is 46.6 Å². The second kappa shape index (κ2) is 8.89. The molecule has 1 aromatic rings. The summed E-state index contributed by atoms with van der Waals surface area (Å²) in [5, 5.41) is 0. The highest BCUT2D eigenvalue weighted by Gasteiger charge is 2.52. The number of unbranched alkanes of at least 4 members (excludes halogenated alkanes) is 1. The molecule has 4 heteroatoms. The molecule has 29 heavy (non-hydrogen) atoms. The average Bonchev–Trinajstić information content (AvgIpc) is 2.75. The smallest absolute Gasteiger partial charge is 0.222 e. The number of amides is 1. The number of benzene rings is 1. The van der Waals surface area contributed by atoms with E-state index in [1.54, 1.807) is 7.11 Å². The normalized spacial score (nSPS) is 31.3. The third-order valence-corrected chi connectivity index (χ3v) is 7.73. The molecule has 3 fully saturated rings. The fraction of sp³-hybridized carbons (Fsp3) is 0.680. The maximum atomic E-state index is 13.1. The number of ketones is 1. The Morgan fingerprint density at radius 2 is 1.97 bits per heavy atom. The number of ether oxygens (including phenoxy) is 1. The van der Waals surface area contributed by atoms with Crippen molar-refractivity contribution in [2.24, 2.45) is 23.7 Å². The highest BCUT2D eigenvalue weighted by Crippen LogP contribution is 2.51. The molecule has 0 radical (unpaired) electrons. The van der Waals surface area contributed by atoms with E-state index in [-0.39, 0.29) is 5.92 Å². The maximum Gasteiger partial charge on any atom is 0.222 e. The van der Waals surface area contributed by atoms with Crippen molar-refractivity contribution in [3.05, 3.63) is 29.8 Å². The first kappa shape index (κ1) is 20.4. The first-order valence-electron chi connectivity index (χ1n) is 11.6. The minimum absolute atomic E-state index is 0.109. The van der Waals surface area contributed by atoms with Gasteiger partial charge in [0, 0.05) is 31.3 Å². The van der Waals surface area contributed by atoms with Crippen molar-refractivity contribution < 1.29 is 14.3 Å². The van der Waals surface area contributed by atoms with E-state index in [9.17, 15) is 9.59 Å². The monoisotopic (exact) mass is 397 g/mol. The van der Waals surface area contributed by atoms with Gasteiger partial charge in [-0.3, -0.25) is 9.59 Å². The number of piperidine rings is 1. The Morgan fingerprint density at radius 3 is 2.69 bits per heavy atom. The lowest BCUT2D eigenvalue weighted by Crippen LogP contribution is -2.59. The van der Waals surface area contributed by atoms with Gasteiger partial charge in [-0.2, -0.15) is 0 Å².